The Morgan fingerprint density at radius 1 is 1.29 bits per heavy atom. The number of nitrogens with zero attached hydrogens (tertiary/aromatic N) is 4. The topological polar surface area (TPSA) is 83.9 Å². The van der Waals surface area contributed by atoms with Gasteiger partial charge in [-0.2, -0.15) is 0 Å². The SMILES string of the molecule is CCN1C(=O)CN(c2cc(C3CC3)cn3cc(CN)nc23)C1=O.Cl. The summed E-state index contributed by atoms with van der Waals surface area (Å²) in [6.45, 7) is 2.60. The van der Waals surface area contributed by atoms with Crippen LogP contribution >= 0.6 is 12.4 Å². The summed E-state index contributed by atoms with van der Waals surface area (Å²) < 4.78 is 1.93. The third-order valence-electron chi connectivity index (χ3n) is 4.52. The van der Waals surface area contributed by atoms with Crippen molar-refractivity contribution >= 4 is 35.7 Å². The van der Waals surface area contributed by atoms with E-state index >= 15 is 0 Å². The molecule has 0 aromatic carbocycles. The molecule has 0 unspecified atom stereocenters. The molecule has 3 amide bonds. The number of rotatable bonds is 4. The Bertz CT molecular complexity index is 814. The predicted molar refractivity (Wildman–Crippen MR) is 92.4 cm³/mol. The number of fused-ring (bicyclic) bond motifs is 1. The van der Waals surface area contributed by atoms with Crippen LogP contribution in [0.3, 0.4) is 0 Å². The number of anilines is 1. The van der Waals surface area contributed by atoms with E-state index in [0.717, 1.165) is 18.5 Å². The van der Waals surface area contributed by atoms with Crippen molar-refractivity contribution in [3.05, 3.63) is 29.7 Å². The molecule has 7 nitrogen and oxygen atoms in total. The molecule has 2 N–H and O–H groups in total. The van der Waals surface area contributed by atoms with Crippen molar-refractivity contribution in [2.45, 2.75) is 32.2 Å². The van der Waals surface area contributed by atoms with Gasteiger partial charge in [0.05, 0.1) is 11.4 Å². The summed E-state index contributed by atoms with van der Waals surface area (Å²) in [4.78, 5) is 31.9. The predicted octanol–water partition coefficient (Wildman–Crippen LogP) is 1.88. The lowest BCUT2D eigenvalue weighted by Crippen LogP contribution is -2.33. The summed E-state index contributed by atoms with van der Waals surface area (Å²) in [5, 5.41) is 0. The molecule has 0 bridgehead atoms. The standard InChI is InChI=1S/C16H19N5O2.ClH/c1-2-20-14(22)9-21(16(20)23)13-5-11(10-3-4-10)7-19-8-12(6-17)18-15(13)19;/h5,7-8,10H,2-4,6,9,17H2,1H3;1H. The summed E-state index contributed by atoms with van der Waals surface area (Å²) in [5.74, 6) is 0.371. The highest BCUT2D eigenvalue weighted by molar-refractivity contribution is 6.13. The Kier molecular flexibility index (Phi) is 4.23. The van der Waals surface area contributed by atoms with E-state index in [2.05, 4.69) is 11.2 Å². The van der Waals surface area contributed by atoms with Gasteiger partial charge in [0.15, 0.2) is 5.65 Å². The second-order valence-corrected chi connectivity index (χ2v) is 6.11. The van der Waals surface area contributed by atoms with E-state index in [-0.39, 0.29) is 30.9 Å². The van der Waals surface area contributed by atoms with Gasteiger partial charge in [-0.15, -0.1) is 12.4 Å². The first-order chi connectivity index (χ1) is 11.1. The lowest BCUT2D eigenvalue weighted by atomic mass is 10.1. The van der Waals surface area contributed by atoms with E-state index < -0.39 is 0 Å². The van der Waals surface area contributed by atoms with Crippen LogP contribution in [0.1, 0.15) is 36.9 Å². The molecule has 4 rings (SSSR count). The van der Waals surface area contributed by atoms with E-state index in [1.165, 1.54) is 15.4 Å². The fourth-order valence-corrected chi connectivity index (χ4v) is 3.13. The van der Waals surface area contributed by atoms with E-state index in [1.807, 2.05) is 16.7 Å². The maximum atomic E-state index is 12.5. The Morgan fingerprint density at radius 2 is 2.04 bits per heavy atom. The number of amides is 3. The molecular weight excluding hydrogens is 330 g/mol. The molecule has 2 aliphatic rings. The molecule has 2 aromatic rings. The average molecular weight is 350 g/mol. The normalized spacial score (nSPS) is 17.8. The van der Waals surface area contributed by atoms with Crippen molar-refractivity contribution in [1.29, 1.82) is 0 Å². The second kappa shape index (κ2) is 6.07. The number of imide groups is 1. The van der Waals surface area contributed by atoms with E-state index in [1.54, 1.807) is 6.92 Å². The molecule has 2 aromatic heterocycles. The van der Waals surface area contributed by atoms with Crippen molar-refractivity contribution in [1.82, 2.24) is 14.3 Å². The number of aromatic nitrogens is 2. The zero-order valence-electron chi connectivity index (χ0n) is 13.4. The van der Waals surface area contributed by atoms with Gasteiger partial charge >= 0.3 is 6.03 Å². The number of hydrogen-bond donors (Lipinski definition) is 1. The smallest absolute Gasteiger partial charge is 0.325 e. The Labute approximate surface area is 145 Å². The Balaban J connectivity index is 0.00000169. The van der Waals surface area contributed by atoms with Gasteiger partial charge in [-0.05, 0) is 37.3 Å². The van der Waals surface area contributed by atoms with Crippen LogP contribution in [0.4, 0.5) is 10.5 Å². The van der Waals surface area contributed by atoms with E-state index in [0.29, 0.717) is 30.3 Å². The summed E-state index contributed by atoms with van der Waals surface area (Å²) in [6.07, 6.45) is 6.28. The zero-order chi connectivity index (χ0) is 16.1. The molecule has 1 aliphatic carbocycles. The molecule has 128 valence electrons. The summed E-state index contributed by atoms with van der Waals surface area (Å²) in [6, 6.07) is 1.73. The van der Waals surface area contributed by atoms with Gasteiger partial charge in [0.2, 0.25) is 0 Å². The highest BCUT2D eigenvalue weighted by Gasteiger charge is 2.37. The minimum absolute atomic E-state index is 0. The van der Waals surface area contributed by atoms with Crippen LogP contribution in [-0.2, 0) is 11.3 Å². The van der Waals surface area contributed by atoms with Gasteiger partial charge in [0.25, 0.3) is 5.91 Å². The summed E-state index contributed by atoms with van der Waals surface area (Å²) in [7, 11) is 0. The number of hydrogen-bond acceptors (Lipinski definition) is 4. The molecule has 0 spiro atoms. The van der Waals surface area contributed by atoms with Gasteiger partial charge < -0.3 is 10.1 Å². The quantitative estimate of drug-likeness (QED) is 0.854. The van der Waals surface area contributed by atoms with Gasteiger partial charge in [0.1, 0.15) is 6.54 Å². The van der Waals surface area contributed by atoms with Gasteiger partial charge in [0, 0.05) is 25.5 Å². The number of likely N-dealkylation sites (N-methyl/N-ethyl adjacent to an activating group) is 1. The van der Waals surface area contributed by atoms with Crippen LogP contribution in [-0.4, -0.2) is 39.3 Å². The van der Waals surface area contributed by atoms with Gasteiger partial charge in [-0.25, -0.2) is 9.78 Å². The van der Waals surface area contributed by atoms with Gasteiger partial charge in [-0.1, -0.05) is 0 Å². The van der Waals surface area contributed by atoms with Crippen molar-refractivity contribution in [2.75, 3.05) is 18.0 Å². The van der Waals surface area contributed by atoms with E-state index in [4.69, 9.17) is 5.73 Å². The van der Waals surface area contributed by atoms with Crippen molar-refractivity contribution in [3.63, 3.8) is 0 Å². The average Bonchev–Trinajstić information content (AvgIpc) is 3.24. The largest absolute Gasteiger partial charge is 0.331 e. The Morgan fingerprint density at radius 3 is 2.62 bits per heavy atom. The minimum atomic E-state index is -0.273. The van der Waals surface area contributed by atoms with Crippen LogP contribution in [0.15, 0.2) is 18.5 Å². The molecular formula is C16H20ClN5O2. The molecule has 1 saturated carbocycles. The van der Waals surface area contributed by atoms with Gasteiger partial charge in [-0.3, -0.25) is 14.6 Å². The molecule has 0 radical (unpaired) electrons. The van der Waals surface area contributed by atoms with Crippen molar-refractivity contribution < 1.29 is 9.59 Å². The summed E-state index contributed by atoms with van der Waals surface area (Å²) in [5.41, 5.74) is 9.03. The number of imidazole rings is 1. The van der Waals surface area contributed by atoms with Crippen LogP contribution in [0.5, 0.6) is 0 Å². The summed E-state index contributed by atoms with van der Waals surface area (Å²) >= 11 is 0. The monoisotopic (exact) mass is 349 g/mol. The highest BCUT2D eigenvalue weighted by atomic mass is 35.5. The minimum Gasteiger partial charge on any atom is -0.325 e. The third-order valence-corrected chi connectivity index (χ3v) is 4.52. The zero-order valence-corrected chi connectivity index (χ0v) is 14.3. The first-order valence-corrected chi connectivity index (χ1v) is 7.95. The number of carbonyl (C=O) groups is 2. The molecule has 2 fully saturated rings. The molecule has 1 saturated heterocycles. The number of pyridine rings is 1. The number of carbonyl (C=O) groups excluding carboxylic acids is 2. The highest BCUT2D eigenvalue weighted by Crippen LogP contribution is 2.42. The second-order valence-electron chi connectivity index (χ2n) is 6.11. The number of urea groups is 1. The van der Waals surface area contributed by atoms with Crippen LogP contribution in [0.25, 0.3) is 5.65 Å². The molecule has 8 heteroatoms. The fourth-order valence-electron chi connectivity index (χ4n) is 3.13. The molecule has 3 heterocycles. The van der Waals surface area contributed by atoms with Crippen LogP contribution in [0, 0.1) is 0 Å². The lowest BCUT2D eigenvalue weighted by molar-refractivity contribution is -0.124. The maximum Gasteiger partial charge on any atom is 0.331 e. The van der Waals surface area contributed by atoms with Crippen LogP contribution in [0.2, 0.25) is 0 Å². The number of nitrogens with two attached hydrogens (primary N) is 1. The van der Waals surface area contributed by atoms with E-state index in [9.17, 15) is 9.59 Å². The molecule has 24 heavy (non-hydrogen) atoms. The molecule has 1 aliphatic heterocycles. The fraction of sp³-hybridized carbons (Fsp3) is 0.438. The maximum absolute atomic E-state index is 12.5. The first kappa shape index (κ1) is 16.7. The van der Waals surface area contributed by atoms with Crippen LogP contribution < -0.4 is 10.6 Å². The molecule has 0 atom stereocenters. The first-order valence-electron chi connectivity index (χ1n) is 7.95. The Hall–Kier alpha value is -2.12. The third kappa shape index (κ3) is 2.53. The van der Waals surface area contributed by atoms with Crippen molar-refractivity contribution in [2.24, 2.45) is 5.73 Å². The number of halogens is 1. The lowest BCUT2D eigenvalue weighted by Gasteiger charge is -2.18. The van der Waals surface area contributed by atoms with Crippen molar-refractivity contribution in [3.8, 4) is 0 Å².